The molecule has 1 aromatic rings. The van der Waals surface area contributed by atoms with Gasteiger partial charge < -0.3 is 15.0 Å². The second kappa shape index (κ2) is 4.28. The molecule has 0 atom stereocenters. The highest BCUT2D eigenvalue weighted by atomic mass is 16.5. The summed E-state index contributed by atoms with van der Waals surface area (Å²) < 4.78 is 10.1. The van der Waals surface area contributed by atoms with E-state index < -0.39 is 0 Å². The second-order valence-corrected chi connectivity index (χ2v) is 4.24. The molecular weight excluding hydrogens is 194 g/mol. The summed E-state index contributed by atoms with van der Waals surface area (Å²) in [6, 6.07) is 0. The first-order valence-electron chi connectivity index (χ1n) is 5.31. The number of methoxy groups -OCH3 is 1. The van der Waals surface area contributed by atoms with E-state index in [0.29, 0.717) is 31.2 Å². The van der Waals surface area contributed by atoms with Gasteiger partial charge in [-0.2, -0.15) is 4.98 Å². The van der Waals surface area contributed by atoms with E-state index in [4.69, 9.17) is 15.0 Å². The van der Waals surface area contributed by atoms with E-state index >= 15 is 0 Å². The van der Waals surface area contributed by atoms with Gasteiger partial charge >= 0.3 is 0 Å². The van der Waals surface area contributed by atoms with E-state index in [1.807, 2.05) is 0 Å². The van der Waals surface area contributed by atoms with Crippen LogP contribution in [0.3, 0.4) is 0 Å². The predicted octanol–water partition coefficient (Wildman–Crippen LogP) is 0.682. The minimum Gasteiger partial charge on any atom is -0.384 e. The Bertz CT molecular complexity index is 320. The molecule has 0 radical (unpaired) electrons. The van der Waals surface area contributed by atoms with Gasteiger partial charge in [-0.3, -0.25) is 0 Å². The van der Waals surface area contributed by atoms with E-state index in [1.54, 1.807) is 7.11 Å². The first-order valence-corrected chi connectivity index (χ1v) is 5.31. The molecule has 15 heavy (non-hydrogen) atoms. The molecule has 0 unspecified atom stereocenters. The van der Waals surface area contributed by atoms with E-state index in [2.05, 4.69) is 10.1 Å². The average Bonchev–Trinajstić information content (AvgIpc) is 2.60. The van der Waals surface area contributed by atoms with Crippen LogP contribution in [0.25, 0.3) is 0 Å². The number of nitrogens with zero attached hydrogens (tertiary/aromatic N) is 2. The van der Waals surface area contributed by atoms with Crippen molar-refractivity contribution in [2.24, 2.45) is 5.73 Å². The maximum atomic E-state index is 6.09. The molecule has 5 heteroatoms. The van der Waals surface area contributed by atoms with Crippen molar-refractivity contribution in [1.82, 2.24) is 10.1 Å². The molecule has 0 spiro atoms. The lowest BCUT2D eigenvalue weighted by Crippen LogP contribution is -2.48. The van der Waals surface area contributed by atoms with Gasteiger partial charge in [0.1, 0.15) is 0 Å². The topological polar surface area (TPSA) is 74.2 Å². The van der Waals surface area contributed by atoms with Crippen molar-refractivity contribution in [1.29, 1.82) is 0 Å². The van der Waals surface area contributed by atoms with Gasteiger partial charge in [0.25, 0.3) is 0 Å². The molecular formula is C10H17N3O2. The van der Waals surface area contributed by atoms with E-state index in [9.17, 15) is 0 Å². The van der Waals surface area contributed by atoms with Crippen LogP contribution in [-0.4, -0.2) is 29.4 Å². The summed E-state index contributed by atoms with van der Waals surface area (Å²) in [7, 11) is 1.66. The Kier molecular flexibility index (Phi) is 3.02. The summed E-state index contributed by atoms with van der Waals surface area (Å²) >= 11 is 0. The van der Waals surface area contributed by atoms with Crippen molar-refractivity contribution in [3.8, 4) is 0 Å². The normalized spacial score (nSPS) is 18.8. The monoisotopic (exact) mass is 211 g/mol. The van der Waals surface area contributed by atoms with Crippen LogP contribution in [0.5, 0.6) is 0 Å². The van der Waals surface area contributed by atoms with Gasteiger partial charge in [0.05, 0.1) is 6.61 Å². The SMILES string of the molecule is COCCc1noc(CC2(N)CCC2)n1. The molecule has 1 heterocycles. The Labute approximate surface area is 89.0 Å². The van der Waals surface area contributed by atoms with Crippen molar-refractivity contribution in [3.05, 3.63) is 11.7 Å². The molecule has 1 saturated carbocycles. The first kappa shape index (κ1) is 10.6. The lowest BCUT2D eigenvalue weighted by atomic mass is 9.75. The van der Waals surface area contributed by atoms with Gasteiger partial charge in [-0.15, -0.1) is 0 Å². The van der Waals surface area contributed by atoms with E-state index in [1.165, 1.54) is 6.42 Å². The summed E-state index contributed by atoms with van der Waals surface area (Å²) in [5.74, 6) is 1.36. The fourth-order valence-electron chi connectivity index (χ4n) is 1.77. The fraction of sp³-hybridized carbons (Fsp3) is 0.800. The van der Waals surface area contributed by atoms with Crippen molar-refractivity contribution >= 4 is 0 Å². The Morgan fingerprint density at radius 2 is 2.33 bits per heavy atom. The minimum absolute atomic E-state index is 0.0922. The van der Waals surface area contributed by atoms with Crippen LogP contribution < -0.4 is 5.73 Å². The van der Waals surface area contributed by atoms with Crippen LogP contribution >= 0.6 is 0 Å². The van der Waals surface area contributed by atoms with Gasteiger partial charge in [-0.25, -0.2) is 0 Å². The predicted molar refractivity (Wildman–Crippen MR) is 54.4 cm³/mol. The maximum Gasteiger partial charge on any atom is 0.228 e. The summed E-state index contributed by atoms with van der Waals surface area (Å²) in [5.41, 5.74) is 6.00. The van der Waals surface area contributed by atoms with Gasteiger partial charge in [0.15, 0.2) is 5.82 Å². The molecule has 0 aliphatic heterocycles. The van der Waals surface area contributed by atoms with E-state index in [-0.39, 0.29) is 5.54 Å². The molecule has 1 aliphatic carbocycles. The number of ether oxygens (including phenoxy) is 1. The van der Waals surface area contributed by atoms with Crippen LogP contribution in [0, 0.1) is 0 Å². The molecule has 1 aliphatic rings. The highest BCUT2D eigenvalue weighted by Gasteiger charge is 2.34. The standard InChI is InChI=1S/C10H17N3O2/c1-14-6-3-8-12-9(15-13-8)7-10(11)4-2-5-10/h2-7,11H2,1H3. The fourth-order valence-corrected chi connectivity index (χ4v) is 1.77. The van der Waals surface area contributed by atoms with Crippen LogP contribution in [-0.2, 0) is 17.6 Å². The highest BCUT2D eigenvalue weighted by Crippen LogP contribution is 2.31. The Morgan fingerprint density at radius 1 is 1.53 bits per heavy atom. The van der Waals surface area contributed by atoms with Crippen LogP contribution in [0.4, 0.5) is 0 Å². The number of hydrogen-bond acceptors (Lipinski definition) is 5. The third kappa shape index (κ3) is 2.54. The van der Waals surface area contributed by atoms with Crippen LogP contribution in [0.15, 0.2) is 4.52 Å². The van der Waals surface area contributed by atoms with Crippen LogP contribution in [0.1, 0.15) is 31.0 Å². The van der Waals surface area contributed by atoms with Crippen molar-refractivity contribution in [3.63, 3.8) is 0 Å². The quantitative estimate of drug-likeness (QED) is 0.775. The largest absolute Gasteiger partial charge is 0.384 e. The third-order valence-corrected chi connectivity index (χ3v) is 2.89. The number of nitrogens with two attached hydrogens (primary N) is 1. The highest BCUT2D eigenvalue weighted by molar-refractivity contribution is 5.00. The van der Waals surface area contributed by atoms with Gasteiger partial charge in [0.2, 0.25) is 5.89 Å². The number of aromatic nitrogens is 2. The van der Waals surface area contributed by atoms with Gasteiger partial charge in [0, 0.05) is 25.5 Å². The molecule has 5 nitrogen and oxygen atoms in total. The average molecular weight is 211 g/mol. The second-order valence-electron chi connectivity index (χ2n) is 4.24. The molecule has 2 N–H and O–H groups in total. The molecule has 0 bridgehead atoms. The molecule has 1 fully saturated rings. The summed E-state index contributed by atoms with van der Waals surface area (Å²) in [5, 5.41) is 3.87. The maximum absolute atomic E-state index is 6.09. The number of hydrogen-bond donors (Lipinski definition) is 1. The smallest absolute Gasteiger partial charge is 0.228 e. The lowest BCUT2D eigenvalue weighted by Gasteiger charge is -2.36. The molecule has 1 aromatic heterocycles. The zero-order valence-corrected chi connectivity index (χ0v) is 9.03. The zero-order valence-electron chi connectivity index (χ0n) is 9.03. The molecule has 0 aromatic carbocycles. The van der Waals surface area contributed by atoms with Crippen molar-refractivity contribution < 1.29 is 9.26 Å². The van der Waals surface area contributed by atoms with Gasteiger partial charge in [-0.1, -0.05) is 5.16 Å². The van der Waals surface area contributed by atoms with Crippen molar-refractivity contribution in [2.45, 2.75) is 37.6 Å². The minimum atomic E-state index is -0.0922. The zero-order chi connectivity index (χ0) is 10.7. The third-order valence-electron chi connectivity index (χ3n) is 2.89. The summed E-state index contributed by atoms with van der Waals surface area (Å²) in [6.45, 7) is 0.618. The molecule has 84 valence electrons. The Balaban J connectivity index is 1.89. The first-order chi connectivity index (χ1) is 7.22. The van der Waals surface area contributed by atoms with Crippen LogP contribution in [0.2, 0.25) is 0 Å². The molecule has 2 rings (SSSR count). The molecule has 0 amide bonds. The van der Waals surface area contributed by atoms with Gasteiger partial charge in [-0.05, 0) is 19.3 Å². The Morgan fingerprint density at radius 3 is 2.93 bits per heavy atom. The summed E-state index contributed by atoms with van der Waals surface area (Å²) in [4.78, 5) is 4.28. The molecule has 0 saturated heterocycles. The van der Waals surface area contributed by atoms with Crippen molar-refractivity contribution in [2.75, 3.05) is 13.7 Å². The lowest BCUT2D eigenvalue weighted by molar-refractivity contribution is 0.199. The number of rotatable bonds is 5. The Hall–Kier alpha value is -0.940. The van der Waals surface area contributed by atoms with E-state index in [0.717, 1.165) is 12.8 Å². The summed E-state index contributed by atoms with van der Waals surface area (Å²) in [6.07, 6.45) is 4.72.